The SMILES string of the molecule is CC(F)(F)c1ccc(Cn2cc(NC(=O)c3cc(-c4ccncc4)on3)cn2)c(C(F)(F)F)c1. The molecule has 7 nitrogen and oxygen atoms in total. The van der Waals surface area contributed by atoms with E-state index >= 15 is 0 Å². The highest BCUT2D eigenvalue weighted by atomic mass is 19.4. The topological polar surface area (TPSA) is 85.8 Å². The normalized spacial score (nSPS) is 12.1. The lowest BCUT2D eigenvalue weighted by molar-refractivity contribution is -0.138. The van der Waals surface area contributed by atoms with Crippen LogP contribution in [0, 0.1) is 0 Å². The fourth-order valence-electron chi connectivity index (χ4n) is 3.17. The number of pyridine rings is 1. The molecular weight excluding hydrogens is 461 g/mol. The molecule has 4 rings (SSSR count). The minimum Gasteiger partial charge on any atom is -0.355 e. The third-order valence-corrected chi connectivity index (χ3v) is 4.85. The molecule has 0 bridgehead atoms. The van der Waals surface area contributed by atoms with E-state index in [0.29, 0.717) is 24.3 Å². The Morgan fingerprint density at radius 3 is 2.50 bits per heavy atom. The monoisotopic (exact) mass is 477 g/mol. The molecule has 0 aliphatic rings. The Morgan fingerprint density at radius 1 is 1.09 bits per heavy atom. The van der Waals surface area contributed by atoms with Crippen molar-refractivity contribution < 1.29 is 31.3 Å². The van der Waals surface area contributed by atoms with Gasteiger partial charge in [0.25, 0.3) is 11.8 Å². The van der Waals surface area contributed by atoms with Crippen LogP contribution in [0.4, 0.5) is 27.6 Å². The lowest BCUT2D eigenvalue weighted by atomic mass is 10.0. The summed E-state index contributed by atoms with van der Waals surface area (Å²) in [5.41, 5.74) is -1.32. The van der Waals surface area contributed by atoms with Crippen LogP contribution in [0.3, 0.4) is 0 Å². The fourth-order valence-corrected chi connectivity index (χ4v) is 3.17. The molecule has 0 saturated carbocycles. The summed E-state index contributed by atoms with van der Waals surface area (Å²) in [4.78, 5) is 16.3. The average molecular weight is 477 g/mol. The molecule has 1 amide bonds. The number of nitrogens with zero attached hydrogens (tertiary/aromatic N) is 4. The minimum atomic E-state index is -4.83. The summed E-state index contributed by atoms with van der Waals surface area (Å²) in [5, 5.41) is 10.2. The summed E-state index contributed by atoms with van der Waals surface area (Å²) in [6.45, 7) is 0.177. The summed E-state index contributed by atoms with van der Waals surface area (Å²) in [5.74, 6) is -3.68. The van der Waals surface area contributed by atoms with Gasteiger partial charge in [-0.25, -0.2) is 8.78 Å². The molecule has 0 radical (unpaired) electrons. The number of carbonyl (C=O) groups excluding carboxylic acids is 1. The van der Waals surface area contributed by atoms with Crippen molar-refractivity contribution in [2.75, 3.05) is 5.32 Å². The highest BCUT2D eigenvalue weighted by Gasteiger charge is 2.36. The zero-order valence-corrected chi connectivity index (χ0v) is 17.5. The maximum atomic E-state index is 13.5. The van der Waals surface area contributed by atoms with Crippen LogP contribution < -0.4 is 5.32 Å². The number of hydrogen-bond donors (Lipinski definition) is 1. The molecule has 12 heteroatoms. The fraction of sp³-hybridized carbons (Fsp3) is 0.182. The van der Waals surface area contributed by atoms with Crippen molar-refractivity contribution in [1.29, 1.82) is 0 Å². The molecule has 0 fully saturated rings. The third-order valence-electron chi connectivity index (χ3n) is 4.85. The number of anilines is 1. The maximum Gasteiger partial charge on any atom is 0.416 e. The average Bonchev–Trinajstić information content (AvgIpc) is 3.43. The Morgan fingerprint density at radius 2 is 1.82 bits per heavy atom. The molecular formula is C22H16F5N5O2. The van der Waals surface area contributed by atoms with E-state index in [-0.39, 0.29) is 23.5 Å². The molecule has 3 aromatic heterocycles. The number of halogens is 5. The van der Waals surface area contributed by atoms with Gasteiger partial charge in [-0.3, -0.25) is 14.5 Å². The molecule has 176 valence electrons. The molecule has 0 saturated heterocycles. The van der Waals surface area contributed by atoms with Gasteiger partial charge in [-0.1, -0.05) is 17.3 Å². The Kier molecular flexibility index (Phi) is 5.90. The molecule has 0 aliphatic heterocycles. The number of rotatable bonds is 6. The standard InChI is InChI=1S/C22H16F5N5O2/c1-21(23,24)15-3-2-14(17(8-15)22(25,26)27)11-32-12-16(10-29-32)30-20(33)18-9-19(34-31-18)13-4-6-28-7-5-13/h2-10,12H,11H2,1H3,(H,30,33). The van der Waals surface area contributed by atoms with Crippen LogP contribution in [0.25, 0.3) is 11.3 Å². The first kappa shape index (κ1) is 23.1. The van der Waals surface area contributed by atoms with E-state index in [0.717, 1.165) is 16.8 Å². The molecule has 34 heavy (non-hydrogen) atoms. The van der Waals surface area contributed by atoms with E-state index in [1.807, 2.05) is 0 Å². The molecule has 0 aliphatic carbocycles. The first-order valence-corrected chi connectivity index (χ1v) is 9.80. The Labute approximate surface area is 189 Å². The molecule has 4 aromatic rings. The lowest BCUT2D eigenvalue weighted by Crippen LogP contribution is -2.15. The van der Waals surface area contributed by atoms with Gasteiger partial charge in [0, 0.05) is 42.7 Å². The molecule has 1 N–H and O–H groups in total. The van der Waals surface area contributed by atoms with Crippen molar-refractivity contribution in [2.24, 2.45) is 0 Å². The largest absolute Gasteiger partial charge is 0.416 e. The predicted molar refractivity (Wildman–Crippen MR) is 110 cm³/mol. The summed E-state index contributed by atoms with van der Waals surface area (Å²) < 4.78 is 73.7. The van der Waals surface area contributed by atoms with Crippen molar-refractivity contribution in [3.63, 3.8) is 0 Å². The first-order chi connectivity index (χ1) is 16.0. The van der Waals surface area contributed by atoms with Crippen LogP contribution in [0.5, 0.6) is 0 Å². The Balaban J connectivity index is 1.49. The number of nitrogens with one attached hydrogen (secondary N) is 1. The van der Waals surface area contributed by atoms with E-state index in [1.54, 1.807) is 24.5 Å². The number of carbonyl (C=O) groups is 1. The summed E-state index contributed by atoms with van der Waals surface area (Å²) in [6.07, 6.45) is 0.823. The first-order valence-electron chi connectivity index (χ1n) is 9.80. The van der Waals surface area contributed by atoms with Gasteiger partial charge >= 0.3 is 6.18 Å². The zero-order valence-electron chi connectivity index (χ0n) is 17.5. The van der Waals surface area contributed by atoms with Crippen molar-refractivity contribution in [3.8, 4) is 11.3 Å². The molecule has 1 aromatic carbocycles. The highest BCUT2D eigenvalue weighted by molar-refractivity contribution is 6.03. The van der Waals surface area contributed by atoms with Gasteiger partial charge in [0.15, 0.2) is 11.5 Å². The molecule has 0 spiro atoms. The van der Waals surface area contributed by atoms with Crippen LogP contribution in [0.15, 0.2) is 65.7 Å². The van der Waals surface area contributed by atoms with Crippen molar-refractivity contribution >= 4 is 11.6 Å². The Hall–Kier alpha value is -4.09. The van der Waals surface area contributed by atoms with Gasteiger partial charge in [-0.15, -0.1) is 0 Å². The van der Waals surface area contributed by atoms with E-state index in [9.17, 15) is 26.7 Å². The number of alkyl halides is 5. The van der Waals surface area contributed by atoms with Gasteiger partial charge in [-0.05, 0) is 23.8 Å². The zero-order chi connectivity index (χ0) is 24.5. The summed E-state index contributed by atoms with van der Waals surface area (Å²) in [7, 11) is 0. The van der Waals surface area contributed by atoms with Crippen LogP contribution in [-0.4, -0.2) is 25.8 Å². The van der Waals surface area contributed by atoms with Crippen LogP contribution in [-0.2, 0) is 18.6 Å². The molecule has 0 unspecified atom stereocenters. The van der Waals surface area contributed by atoms with E-state index < -0.39 is 29.1 Å². The lowest BCUT2D eigenvalue weighted by Gasteiger charge is -2.17. The third kappa shape index (κ3) is 5.11. The van der Waals surface area contributed by atoms with Gasteiger partial charge in [-0.2, -0.15) is 18.3 Å². The summed E-state index contributed by atoms with van der Waals surface area (Å²) in [6, 6.07) is 7.15. The van der Waals surface area contributed by atoms with Crippen LogP contribution in [0.1, 0.15) is 34.1 Å². The van der Waals surface area contributed by atoms with Gasteiger partial charge in [0.1, 0.15) is 0 Å². The maximum absolute atomic E-state index is 13.5. The number of benzene rings is 1. The van der Waals surface area contributed by atoms with Crippen molar-refractivity contribution in [1.82, 2.24) is 19.9 Å². The van der Waals surface area contributed by atoms with Gasteiger partial charge < -0.3 is 9.84 Å². The second kappa shape index (κ2) is 8.69. The van der Waals surface area contributed by atoms with E-state index in [4.69, 9.17) is 4.52 Å². The van der Waals surface area contributed by atoms with Crippen molar-refractivity contribution in [2.45, 2.75) is 25.6 Å². The van der Waals surface area contributed by atoms with Gasteiger partial charge in [0.05, 0.1) is 24.0 Å². The smallest absolute Gasteiger partial charge is 0.355 e. The molecule has 0 atom stereocenters. The highest BCUT2D eigenvalue weighted by Crippen LogP contribution is 2.36. The van der Waals surface area contributed by atoms with E-state index in [2.05, 4.69) is 20.6 Å². The quantitative estimate of drug-likeness (QED) is 0.378. The van der Waals surface area contributed by atoms with Crippen LogP contribution >= 0.6 is 0 Å². The minimum absolute atomic E-state index is 0.0185. The second-order valence-electron chi connectivity index (χ2n) is 7.45. The number of amides is 1. The van der Waals surface area contributed by atoms with E-state index in [1.165, 1.54) is 18.5 Å². The van der Waals surface area contributed by atoms with Crippen LogP contribution in [0.2, 0.25) is 0 Å². The number of hydrogen-bond acceptors (Lipinski definition) is 5. The van der Waals surface area contributed by atoms with Crippen molar-refractivity contribution in [3.05, 3.63) is 83.6 Å². The molecule has 3 heterocycles. The second-order valence-corrected chi connectivity index (χ2v) is 7.45. The van der Waals surface area contributed by atoms with Gasteiger partial charge in [0.2, 0.25) is 0 Å². The Bertz CT molecular complexity index is 1310. The summed E-state index contributed by atoms with van der Waals surface area (Å²) >= 11 is 0. The predicted octanol–water partition coefficient (Wildman–Crippen LogP) is 5.36. The number of aromatic nitrogens is 4.